The van der Waals surface area contributed by atoms with E-state index in [1.807, 2.05) is 0 Å². The molecule has 2 aliphatic heterocycles. The molecule has 0 aromatic carbocycles. The molecular formula is C15H15LiN2O6. The third kappa shape index (κ3) is 2.29. The number of carbonyl (C=O) groups excluding carboxylic acids is 2. The molecule has 24 heavy (non-hydrogen) atoms. The maximum Gasteiger partial charge on any atom is 1.00 e. The van der Waals surface area contributed by atoms with Gasteiger partial charge >= 0.3 is 18.9 Å². The second-order valence-electron chi connectivity index (χ2n) is 6.09. The van der Waals surface area contributed by atoms with Crippen LogP contribution in [0.5, 0.6) is 5.75 Å². The Labute approximate surface area is 149 Å². The van der Waals surface area contributed by atoms with Crippen molar-refractivity contribution in [1.29, 1.82) is 0 Å². The van der Waals surface area contributed by atoms with E-state index in [0.29, 0.717) is 0 Å². The largest absolute Gasteiger partial charge is 1.00 e. The summed E-state index contributed by atoms with van der Waals surface area (Å²) in [5.41, 5.74) is -1.29. The third-order valence-corrected chi connectivity index (χ3v) is 4.86. The average Bonchev–Trinajstić information content (AvgIpc) is 2.88. The average molecular weight is 326 g/mol. The van der Waals surface area contributed by atoms with Gasteiger partial charge in [0, 0.05) is 12.2 Å². The molecule has 1 saturated carbocycles. The summed E-state index contributed by atoms with van der Waals surface area (Å²) in [6, 6.07) is 0.0978. The number of pyridine rings is 1. The molecule has 3 heterocycles. The van der Waals surface area contributed by atoms with Crippen LogP contribution < -0.4 is 34.1 Å². The van der Waals surface area contributed by atoms with Gasteiger partial charge in [0.2, 0.25) is 5.43 Å². The first-order chi connectivity index (χ1) is 11.0. The summed E-state index contributed by atoms with van der Waals surface area (Å²) in [7, 11) is 1.24. The Balaban J connectivity index is 0.00000169. The molecule has 1 aliphatic carbocycles. The van der Waals surface area contributed by atoms with E-state index >= 15 is 0 Å². The fraction of sp³-hybridized carbons (Fsp3) is 0.533. The summed E-state index contributed by atoms with van der Waals surface area (Å²) in [6.45, 7) is 0.269. The molecule has 2 fully saturated rings. The van der Waals surface area contributed by atoms with Crippen molar-refractivity contribution >= 4 is 11.9 Å². The number of carboxylic acids is 1. The third-order valence-electron chi connectivity index (χ3n) is 4.86. The molecule has 3 atom stereocenters. The van der Waals surface area contributed by atoms with E-state index in [4.69, 9.17) is 9.47 Å². The second kappa shape index (κ2) is 5.95. The van der Waals surface area contributed by atoms with Crippen molar-refractivity contribution in [2.75, 3.05) is 7.11 Å². The van der Waals surface area contributed by atoms with E-state index in [9.17, 15) is 19.5 Å². The number of methoxy groups -OCH3 is 1. The molecule has 3 aliphatic rings. The molecular weight excluding hydrogens is 311 g/mol. The van der Waals surface area contributed by atoms with Crippen LogP contribution in [0, 0.1) is 0 Å². The van der Waals surface area contributed by atoms with Crippen LogP contribution in [0.1, 0.15) is 40.1 Å². The van der Waals surface area contributed by atoms with Gasteiger partial charge in [-0.05, 0) is 19.3 Å². The van der Waals surface area contributed by atoms with Gasteiger partial charge in [-0.15, -0.1) is 0 Å². The van der Waals surface area contributed by atoms with E-state index in [-0.39, 0.29) is 54.9 Å². The van der Waals surface area contributed by atoms with Crippen molar-refractivity contribution in [3.05, 3.63) is 27.7 Å². The Morgan fingerprint density at radius 2 is 2.12 bits per heavy atom. The van der Waals surface area contributed by atoms with Crippen molar-refractivity contribution in [2.24, 2.45) is 0 Å². The van der Waals surface area contributed by atoms with Gasteiger partial charge in [0.1, 0.15) is 0 Å². The second-order valence-corrected chi connectivity index (χ2v) is 6.09. The summed E-state index contributed by atoms with van der Waals surface area (Å²) in [6.07, 6.45) is 3.41. The number of aromatic nitrogens is 1. The fourth-order valence-electron chi connectivity index (χ4n) is 3.87. The Morgan fingerprint density at radius 3 is 2.79 bits per heavy atom. The maximum absolute atomic E-state index is 12.9. The summed E-state index contributed by atoms with van der Waals surface area (Å²) in [5, 5.41) is 11.1. The van der Waals surface area contributed by atoms with Gasteiger partial charge in [0.25, 0.3) is 5.91 Å². The Morgan fingerprint density at radius 1 is 1.38 bits per heavy atom. The smallest absolute Gasteiger partial charge is 0.545 e. The van der Waals surface area contributed by atoms with Crippen LogP contribution >= 0.6 is 0 Å². The number of fused-ring (bicyclic) bond motifs is 5. The molecule has 1 saturated heterocycles. The molecule has 9 heteroatoms. The first-order valence-corrected chi connectivity index (χ1v) is 7.52. The van der Waals surface area contributed by atoms with Crippen LogP contribution in [-0.4, -0.2) is 46.8 Å². The number of amides is 1. The molecule has 0 N–H and O–H groups in total. The zero-order valence-corrected chi connectivity index (χ0v) is 13.5. The molecule has 1 aromatic heterocycles. The van der Waals surface area contributed by atoms with Gasteiger partial charge in [-0.2, -0.15) is 0 Å². The van der Waals surface area contributed by atoms with Gasteiger partial charge in [0.15, 0.2) is 17.7 Å². The van der Waals surface area contributed by atoms with Crippen LogP contribution in [-0.2, 0) is 11.3 Å². The quantitative estimate of drug-likeness (QED) is 0.513. The fourth-order valence-corrected chi connectivity index (χ4v) is 3.87. The topological polar surface area (TPSA) is 101 Å². The van der Waals surface area contributed by atoms with E-state index < -0.39 is 23.2 Å². The van der Waals surface area contributed by atoms with Gasteiger partial charge in [0.05, 0.1) is 31.3 Å². The number of aromatic carboxylic acids is 1. The number of carboxylic acid groups (broad SMARTS) is 1. The van der Waals surface area contributed by atoms with E-state index in [0.717, 1.165) is 25.5 Å². The monoisotopic (exact) mass is 326 g/mol. The number of hydrogen-bond acceptors (Lipinski definition) is 6. The van der Waals surface area contributed by atoms with Crippen molar-refractivity contribution in [3.8, 4) is 5.75 Å². The minimum atomic E-state index is -1.59. The van der Waals surface area contributed by atoms with Gasteiger partial charge in [-0.1, -0.05) is 0 Å². The van der Waals surface area contributed by atoms with Crippen molar-refractivity contribution in [1.82, 2.24) is 9.47 Å². The van der Waals surface area contributed by atoms with Gasteiger partial charge in [-0.3, -0.25) is 9.59 Å². The summed E-state index contributed by atoms with van der Waals surface area (Å²) in [4.78, 5) is 37.9. The SMILES string of the molecule is COc1c2n(cc(C(=O)[O-])c1=O)C[C@H]1O[C@@H]3CC[C@@H](C3)N1C2=O.[Li+]. The first kappa shape index (κ1) is 17.1. The van der Waals surface area contributed by atoms with E-state index in [1.54, 1.807) is 4.90 Å². The standard InChI is InChI=1S/C15H16N2O6.Li/c1-22-13-11-14(19)17-7-2-3-8(4-7)23-10(17)6-16(11)5-9(12(13)18)15(20)21;/h5,7-8,10H,2-4,6H2,1H3,(H,20,21);/q;+1/p-1/t7-,8+,10+;/m0./s1. The molecule has 0 radical (unpaired) electrons. The van der Waals surface area contributed by atoms with Crippen molar-refractivity contribution in [3.63, 3.8) is 0 Å². The zero-order valence-electron chi connectivity index (χ0n) is 13.5. The van der Waals surface area contributed by atoms with Crippen molar-refractivity contribution in [2.45, 2.75) is 44.2 Å². The molecule has 1 aromatic rings. The Hall–Kier alpha value is -1.75. The van der Waals surface area contributed by atoms with Crippen LogP contribution in [0.2, 0.25) is 0 Å². The number of carbonyl (C=O) groups is 2. The zero-order chi connectivity index (χ0) is 16.3. The number of nitrogens with zero attached hydrogens (tertiary/aromatic N) is 2. The summed E-state index contributed by atoms with van der Waals surface area (Å²) < 4.78 is 12.4. The van der Waals surface area contributed by atoms with Gasteiger partial charge in [-0.25, -0.2) is 0 Å². The van der Waals surface area contributed by atoms with Crippen molar-refractivity contribution < 1.29 is 43.0 Å². The predicted molar refractivity (Wildman–Crippen MR) is 74.1 cm³/mol. The van der Waals surface area contributed by atoms with Crippen LogP contribution in [0.25, 0.3) is 0 Å². The predicted octanol–water partition coefficient (Wildman–Crippen LogP) is -4.04. The summed E-state index contributed by atoms with van der Waals surface area (Å²) >= 11 is 0. The van der Waals surface area contributed by atoms with Gasteiger partial charge < -0.3 is 28.8 Å². The molecule has 4 rings (SSSR count). The number of ether oxygens (including phenoxy) is 2. The maximum atomic E-state index is 12.9. The Bertz CT molecular complexity index is 776. The van der Waals surface area contributed by atoms with Crippen LogP contribution in [0.3, 0.4) is 0 Å². The van der Waals surface area contributed by atoms with Crippen LogP contribution in [0.4, 0.5) is 0 Å². The summed E-state index contributed by atoms with van der Waals surface area (Å²) in [5.74, 6) is -2.20. The molecule has 0 unspecified atom stereocenters. The number of hydrogen-bond donors (Lipinski definition) is 0. The molecule has 8 nitrogen and oxygen atoms in total. The molecule has 1 amide bonds. The van der Waals surface area contributed by atoms with Crippen LogP contribution in [0.15, 0.2) is 11.0 Å². The molecule has 122 valence electrons. The Kier molecular flexibility index (Phi) is 4.24. The molecule has 0 spiro atoms. The minimum Gasteiger partial charge on any atom is -0.545 e. The van der Waals surface area contributed by atoms with E-state index in [1.165, 1.54) is 11.7 Å². The normalized spacial score (nSPS) is 27.1. The van der Waals surface area contributed by atoms with E-state index in [2.05, 4.69) is 0 Å². The minimum absolute atomic E-state index is 0. The number of rotatable bonds is 2. The first-order valence-electron chi connectivity index (χ1n) is 7.52. The molecule has 2 bridgehead atoms.